The molecule has 0 saturated heterocycles. The molecule has 0 bridgehead atoms. The smallest absolute Gasteiger partial charge is 0.270 e. The highest BCUT2D eigenvalue weighted by Gasteiger charge is 2.06. The van der Waals surface area contributed by atoms with Crippen LogP contribution in [0.2, 0.25) is 0 Å². The SMILES string of the molecule is CCCCn1nnc(NC(=O)C=Cc2cc(Br)ccc2OC)n1. The third-order valence-corrected chi connectivity index (χ3v) is 3.50. The third kappa shape index (κ3) is 5.17. The number of anilines is 1. The summed E-state index contributed by atoms with van der Waals surface area (Å²) in [6.07, 6.45) is 5.07. The van der Waals surface area contributed by atoms with Crippen LogP contribution in [0.4, 0.5) is 5.95 Å². The lowest BCUT2D eigenvalue weighted by atomic mass is 10.2. The Kier molecular flexibility index (Phi) is 6.28. The normalized spacial score (nSPS) is 10.9. The van der Waals surface area contributed by atoms with Crippen molar-refractivity contribution < 1.29 is 9.53 Å². The summed E-state index contributed by atoms with van der Waals surface area (Å²) in [6, 6.07) is 5.55. The number of tetrazole rings is 1. The van der Waals surface area contributed by atoms with Gasteiger partial charge >= 0.3 is 0 Å². The topological polar surface area (TPSA) is 81.9 Å². The summed E-state index contributed by atoms with van der Waals surface area (Å²) in [5.74, 6) is 0.542. The lowest BCUT2D eigenvalue weighted by Crippen LogP contribution is -2.10. The van der Waals surface area contributed by atoms with E-state index < -0.39 is 0 Å². The minimum Gasteiger partial charge on any atom is -0.496 e. The van der Waals surface area contributed by atoms with Crippen LogP contribution >= 0.6 is 15.9 Å². The van der Waals surface area contributed by atoms with Gasteiger partial charge in [-0.3, -0.25) is 10.1 Å². The second-order valence-electron chi connectivity index (χ2n) is 4.77. The van der Waals surface area contributed by atoms with Crippen LogP contribution < -0.4 is 10.1 Å². The van der Waals surface area contributed by atoms with E-state index in [4.69, 9.17) is 4.74 Å². The molecular weight excluding hydrogens is 362 g/mol. The van der Waals surface area contributed by atoms with Crippen molar-refractivity contribution in [3.63, 3.8) is 0 Å². The minimum absolute atomic E-state index is 0.192. The van der Waals surface area contributed by atoms with Crippen LogP contribution in [0, 0.1) is 0 Å². The number of nitrogens with zero attached hydrogens (tertiary/aromatic N) is 4. The van der Waals surface area contributed by atoms with Crippen molar-refractivity contribution in [2.24, 2.45) is 0 Å². The fourth-order valence-corrected chi connectivity index (χ4v) is 2.22. The van der Waals surface area contributed by atoms with E-state index in [9.17, 15) is 4.79 Å². The predicted octanol–water partition coefficient (Wildman–Crippen LogP) is 2.90. The van der Waals surface area contributed by atoms with E-state index in [-0.39, 0.29) is 11.9 Å². The van der Waals surface area contributed by atoms with Gasteiger partial charge in [0, 0.05) is 16.1 Å². The molecule has 122 valence electrons. The molecule has 2 rings (SSSR count). The zero-order chi connectivity index (χ0) is 16.7. The second kappa shape index (κ2) is 8.42. The molecule has 0 unspecified atom stereocenters. The molecule has 2 aromatic rings. The molecule has 1 aromatic carbocycles. The Hall–Kier alpha value is -2.22. The number of aryl methyl sites for hydroxylation is 1. The highest BCUT2D eigenvalue weighted by molar-refractivity contribution is 9.10. The van der Waals surface area contributed by atoms with Gasteiger partial charge in [-0.2, -0.15) is 4.80 Å². The van der Waals surface area contributed by atoms with E-state index in [1.165, 1.54) is 10.9 Å². The molecule has 1 heterocycles. The highest BCUT2D eigenvalue weighted by atomic mass is 79.9. The van der Waals surface area contributed by atoms with Gasteiger partial charge in [0.1, 0.15) is 5.75 Å². The number of methoxy groups -OCH3 is 1. The van der Waals surface area contributed by atoms with E-state index in [1.807, 2.05) is 18.2 Å². The molecule has 1 aromatic heterocycles. The first-order valence-corrected chi connectivity index (χ1v) is 8.02. The molecule has 1 N–H and O–H groups in total. The maximum Gasteiger partial charge on any atom is 0.270 e. The number of rotatable bonds is 7. The number of ether oxygens (including phenoxy) is 1. The highest BCUT2D eigenvalue weighted by Crippen LogP contribution is 2.24. The van der Waals surface area contributed by atoms with Crippen molar-refractivity contribution in [3.05, 3.63) is 34.3 Å². The number of carbonyl (C=O) groups is 1. The zero-order valence-electron chi connectivity index (χ0n) is 13.0. The maximum absolute atomic E-state index is 11.9. The Morgan fingerprint density at radius 3 is 3.04 bits per heavy atom. The first kappa shape index (κ1) is 17.1. The van der Waals surface area contributed by atoms with Crippen LogP contribution in [0.1, 0.15) is 25.3 Å². The molecule has 1 amide bonds. The first-order chi connectivity index (χ1) is 11.1. The van der Waals surface area contributed by atoms with Crippen LogP contribution in [0.15, 0.2) is 28.7 Å². The van der Waals surface area contributed by atoms with Crippen LogP contribution in [-0.2, 0) is 11.3 Å². The lowest BCUT2D eigenvalue weighted by Gasteiger charge is -2.04. The van der Waals surface area contributed by atoms with E-state index in [2.05, 4.69) is 43.6 Å². The van der Waals surface area contributed by atoms with Gasteiger partial charge in [0.25, 0.3) is 11.9 Å². The number of nitrogens with one attached hydrogen (secondary N) is 1. The summed E-state index contributed by atoms with van der Waals surface area (Å²) in [4.78, 5) is 13.4. The summed E-state index contributed by atoms with van der Waals surface area (Å²) in [7, 11) is 1.58. The Labute approximate surface area is 142 Å². The molecule has 0 aliphatic carbocycles. The number of halogens is 1. The molecule has 7 nitrogen and oxygen atoms in total. The average molecular weight is 380 g/mol. The van der Waals surface area contributed by atoms with Crippen LogP contribution in [0.3, 0.4) is 0 Å². The van der Waals surface area contributed by atoms with Crippen LogP contribution in [-0.4, -0.2) is 33.2 Å². The van der Waals surface area contributed by atoms with Gasteiger partial charge in [-0.1, -0.05) is 34.4 Å². The van der Waals surface area contributed by atoms with Gasteiger partial charge in [0.2, 0.25) is 0 Å². The predicted molar refractivity (Wildman–Crippen MR) is 91.1 cm³/mol. The fraction of sp³-hybridized carbons (Fsp3) is 0.333. The fourth-order valence-electron chi connectivity index (χ4n) is 1.84. The van der Waals surface area contributed by atoms with Crippen molar-refractivity contribution in [2.75, 3.05) is 12.4 Å². The van der Waals surface area contributed by atoms with Gasteiger partial charge in [0.05, 0.1) is 13.7 Å². The number of benzene rings is 1. The molecule has 0 spiro atoms. The van der Waals surface area contributed by atoms with Crippen LogP contribution in [0.5, 0.6) is 5.75 Å². The Morgan fingerprint density at radius 1 is 1.48 bits per heavy atom. The monoisotopic (exact) mass is 379 g/mol. The van der Waals surface area contributed by atoms with Gasteiger partial charge in [-0.15, -0.1) is 5.10 Å². The molecule has 0 saturated carbocycles. The maximum atomic E-state index is 11.9. The quantitative estimate of drug-likeness (QED) is 0.747. The standard InChI is InChI=1S/C15H18BrN5O2/c1-3-4-9-21-19-15(18-20-21)17-14(22)8-5-11-10-12(16)6-7-13(11)23-2/h5-8,10H,3-4,9H2,1-2H3,(H,17,19,22). The van der Waals surface area contributed by atoms with E-state index >= 15 is 0 Å². The zero-order valence-corrected chi connectivity index (χ0v) is 14.6. The number of hydrogen-bond donors (Lipinski definition) is 1. The molecular formula is C15H18BrN5O2. The number of amides is 1. The van der Waals surface area contributed by atoms with Gasteiger partial charge < -0.3 is 4.74 Å². The van der Waals surface area contributed by atoms with Gasteiger partial charge in [0.15, 0.2) is 0 Å². The Bertz CT molecular complexity index is 699. The molecule has 0 aliphatic heterocycles. The second-order valence-corrected chi connectivity index (χ2v) is 5.69. The van der Waals surface area contributed by atoms with Gasteiger partial charge in [-0.25, -0.2) is 0 Å². The number of aromatic nitrogens is 4. The number of unbranched alkanes of at least 4 members (excludes halogenated alkanes) is 1. The van der Waals surface area contributed by atoms with E-state index in [1.54, 1.807) is 13.2 Å². The molecule has 0 atom stereocenters. The van der Waals surface area contributed by atoms with Crippen molar-refractivity contribution in [1.82, 2.24) is 20.2 Å². The largest absolute Gasteiger partial charge is 0.496 e. The third-order valence-electron chi connectivity index (χ3n) is 3.01. The summed E-state index contributed by atoms with van der Waals surface area (Å²) >= 11 is 3.39. The Balaban J connectivity index is 1.99. The summed E-state index contributed by atoms with van der Waals surface area (Å²) in [5, 5.41) is 14.3. The van der Waals surface area contributed by atoms with Crippen molar-refractivity contribution in [1.29, 1.82) is 0 Å². The van der Waals surface area contributed by atoms with Gasteiger partial charge in [-0.05, 0) is 35.9 Å². The summed E-state index contributed by atoms with van der Waals surface area (Å²) in [6.45, 7) is 2.77. The molecule has 0 radical (unpaired) electrons. The van der Waals surface area contributed by atoms with Crippen molar-refractivity contribution in [2.45, 2.75) is 26.3 Å². The van der Waals surface area contributed by atoms with Crippen molar-refractivity contribution in [3.8, 4) is 5.75 Å². The number of hydrogen-bond acceptors (Lipinski definition) is 5. The Morgan fingerprint density at radius 2 is 2.30 bits per heavy atom. The molecule has 8 heteroatoms. The summed E-state index contributed by atoms with van der Waals surface area (Å²) in [5.41, 5.74) is 0.789. The van der Waals surface area contributed by atoms with E-state index in [0.29, 0.717) is 12.3 Å². The minimum atomic E-state index is -0.331. The first-order valence-electron chi connectivity index (χ1n) is 7.22. The average Bonchev–Trinajstić information content (AvgIpc) is 2.98. The van der Waals surface area contributed by atoms with E-state index in [0.717, 1.165) is 22.9 Å². The van der Waals surface area contributed by atoms with Crippen LogP contribution in [0.25, 0.3) is 6.08 Å². The molecule has 0 aliphatic rings. The van der Waals surface area contributed by atoms with Crippen molar-refractivity contribution >= 4 is 33.9 Å². The number of carbonyl (C=O) groups excluding carboxylic acids is 1. The summed E-state index contributed by atoms with van der Waals surface area (Å²) < 4.78 is 6.15. The lowest BCUT2D eigenvalue weighted by molar-refractivity contribution is -0.111. The molecule has 23 heavy (non-hydrogen) atoms. The molecule has 0 fully saturated rings.